The van der Waals surface area contributed by atoms with Crippen molar-refractivity contribution < 1.29 is 28.2 Å². The second kappa shape index (κ2) is 10.2. The smallest absolute Gasteiger partial charge is 0.416 e. The SMILES string of the molecule is O=C(O)c1cccc(Cn2c(O)c(C(Cc3ccc(Cl)cc3C(F)(F)F)=c3ccc4c(c3)C=NN=4)sc2=O)c1. The maximum Gasteiger partial charge on any atom is 0.416 e. The van der Waals surface area contributed by atoms with Crippen LogP contribution in [0.3, 0.4) is 0 Å². The molecular weight excluding hydrogens is 555 g/mol. The molecule has 7 nitrogen and oxygen atoms in total. The number of aromatic carboxylic acids is 1. The maximum atomic E-state index is 13.9. The fourth-order valence-electron chi connectivity index (χ4n) is 4.28. The van der Waals surface area contributed by atoms with E-state index in [0.717, 1.165) is 10.6 Å². The van der Waals surface area contributed by atoms with Gasteiger partial charge in [-0.25, -0.2) is 4.79 Å². The van der Waals surface area contributed by atoms with Crippen molar-refractivity contribution in [2.75, 3.05) is 0 Å². The summed E-state index contributed by atoms with van der Waals surface area (Å²) < 4.78 is 42.8. The predicted molar refractivity (Wildman–Crippen MR) is 140 cm³/mol. The van der Waals surface area contributed by atoms with Gasteiger partial charge in [0, 0.05) is 17.0 Å². The number of hydrogen-bond donors (Lipinski definition) is 2. The fraction of sp³-hybridized carbons (Fsp3) is 0.111. The molecule has 3 aromatic carbocycles. The monoisotopic (exact) mass is 571 g/mol. The quantitative estimate of drug-likeness (QED) is 0.357. The maximum absolute atomic E-state index is 13.9. The predicted octanol–water partition coefficient (Wildman–Crippen LogP) is 4.44. The van der Waals surface area contributed by atoms with Crippen LogP contribution in [-0.4, -0.2) is 27.0 Å². The van der Waals surface area contributed by atoms with Crippen molar-refractivity contribution in [1.29, 1.82) is 0 Å². The van der Waals surface area contributed by atoms with Crippen LogP contribution in [0.15, 0.2) is 75.7 Å². The van der Waals surface area contributed by atoms with E-state index in [-0.39, 0.29) is 39.6 Å². The Morgan fingerprint density at radius 1 is 1.08 bits per heavy atom. The second-order valence-electron chi connectivity index (χ2n) is 8.69. The van der Waals surface area contributed by atoms with Crippen molar-refractivity contribution in [1.82, 2.24) is 4.57 Å². The molecule has 0 bridgehead atoms. The highest BCUT2D eigenvalue weighted by molar-refractivity contribution is 7.10. The van der Waals surface area contributed by atoms with E-state index in [9.17, 15) is 33.0 Å². The molecule has 0 saturated carbocycles. The Labute approximate surface area is 227 Å². The standard InChI is InChI=1S/C27H17ClF3N3O4S/c28-19-6-4-16(21(11-19)27(29,30)31)10-20(15-5-7-22-18(9-15)12-32-33-22)23-24(35)34(26(38)39-23)13-14-2-1-3-17(8-14)25(36)37/h1-9,11-12,35H,10,13H2,(H,36,37). The van der Waals surface area contributed by atoms with E-state index in [1.54, 1.807) is 24.3 Å². The van der Waals surface area contributed by atoms with Gasteiger partial charge in [-0.1, -0.05) is 47.2 Å². The molecule has 198 valence electrons. The van der Waals surface area contributed by atoms with Crippen molar-refractivity contribution >= 4 is 40.7 Å². The van der Waals surface area contributed by atoms with Gasteiger partial charge in [-0.2, -0.15) is 23.4 Å². The topological polar surface area (TPSA) is 104 Å². The van der Waals surface area contributed by atoms with E-state index < -0.39 is 28.5 Å². The Balaban J connectivity index is 1.68. The van der Waals surface area contributed by atoms with Gasteiger partial charge in [0.25, 0.3) is 0 Å². The minimum atomic E-state index is -4.69. The van der Waals surface area contributed by atoms with E-state index in [1.807, 2.05) is 0 Å². The lowest BCUT2D eigenvalue weighted by atomic mass is 9.96. The molecule has 0 amide bonds. The van der Waals surface area contributed by atoms with Gasteiger partial charge in [-0.3, -0.25) is 9.36 Å². The van der Waals surface area contributed by atoms with Crippen LogP contribution in [0.4, 0.5) is 13.2 Å². The summed E-state index contributed by atoms with van der Waals surface area (Å²) in [5, 5.41) is 29.2. The zero-order valence-corrected chi connectivity index (χ0v) is 21.3. The van der Waals surface area contributed by atoms with Crippen molar-refractivity contribution in [3.63, 3.8) is 0 Å². The molecule has 1 aliphatic heterocycles. The first-order valence-electron chi connectivity index (χ1n) is 11.4. The van der Waals surface area contributed by atoms with Crippen LogP contribution in [0.2, 0.25) is 5.02 Å². The number of aromatic nitrogens is 1. The number of rotatable bonds is 6. The molecule has 0 atom stereocenters. The molecule has 4 aromatic rings. The molecule has 12 heteroatoms. The van der Waals surface area contributed by atoms with Gasteiger partial charge >= 0.3 is 17.0 Å². The summed E-state index contributed by atoms with van der Waals surface area (Å²) in [6.07, 6.45) is -3.46. The molecule has 1 aliphatic rings. The first kappa shape index (κ1) is 26.4. The van der Waals surface area contributed by atoms with Gasteiger partial charge in [0.05, 0.1) is 34.1 Å². The van der Waals surface area contributed by atoms with Gasteiger partial charge < -0.3 is 10.2 Å². The van der Waals surface area contributed by atoms with E-state index >= 15 is 0 Å². The molecule has 2 N–H and O–H groups in total. The van der Waals surface area contributed by atoms with Gasteiger partial charge in [-0.15, -0.1) is 0 Å². The number of aromatic hydroxyl groups is 1. The van der Waals surface area contributed by atoms with Gasteiger partial charge in [-0.05, 0) is 58.3 Å². The van der Waals surface area contributed by atoms with Crippen molar-refractivity contribution in [3.8, 4) is 5.88 Å². The molecule has 39 heavy (non-hydrogen) atoms. The van der Waals surface area contributed by atoms with Gasteiger partial charge in [0.15, 0.2) is 0 Å². The zero-order chi connectivity index (χ0) is 27.9. The summed E-state index contributed by atoms with van der Waals surface area (Å²) in [5.41, 5.74) is 0.349. The van der Waals surface area contributed by atoms with Gasteiger partial charge in [0.1, 0.15) is 0 Å². The van der Waals surface area contributed by atoms with Crippen LogP contribution in [0, 0.1) is 0 Å². The molecule has 0 unspecified atom stereocenters. The van der Waals surface area contributed by atoms with Crippen LogP contribution >= 0.6 is 22.9 Å². The number of hydrogen-bond acceptors (Lipinski definition) is 6. The first-order valence-corrected chi connectivity index (χ1v) is 12.6. The Morgan fingerprint density at radius 3 is 2.62 bits per heavy atom. The van der Waals surface area contributed by atoms with Crippen LogP contribution in [0.1, 0.15) is 37.5 Å². The number of carboxylic acids is 1. The third-order valence-corrected chi connectivity index (χ3v) is 7.40. The summed E-state index contributed by atoms with van der Waals surface area (Å²) in [6.45, 7) is -0.139. The fourth-order valence-corrected chi connectivity index (χ4v) is 5.40. The number of nitrogens with zero attached hydrogens (tertiary/aromatic N) is 3. The molecule has 0 radical (unpaired) electrons. The van der Waals surface area contributed by atoms with E-state index in [4.69, 9.17) is 11.6 Å². The Morgan fingerprint density at radius 2 is 1.87 bits per heavy atom. The Hall–Kier alpha value is -4.22. The number of halogens is 4. The Kier molecular flexibility index (Phi) is 6.87. The highest BCUT2D eigenvalue weighted by atomic mass is 35.5. The molecular formula is C27H17ClF3N3O4S. The highest BCUT2D eigenvalue weighted by Gasteiger charge is 2.34. The van der Waals surface area contributed by atoms with Crippen LogP contribution in [0.25, 0.3) is 5.57 Å². The van der Waals surface area contributed by atoms with E-state index in [0.29, 0.717) is 33.0 Å². The summed E-state index contributed by atoms with van der Waals surface area (Å²) in [7, 11) is 0. The van der Waals surface area contributed by atoms with Crippen LogP contribution < -0.4 is 15.4 Å². The van der Waals surface area contributed by atoms with E-state index in [1.165, 1.54) is 36.5 Å². The first-order chi connectivity index (χ1) is 18.5. The number of carboxylic acid groups (broad SMARTS) is 1. The third kappa shape index (κ3) is 5.36. The highest BCUT2D eigenvalue weighted by Crippen LogP contribution is 2.37. The third-order valence-electron chi connectivity index (χ3n) is 6.14. The molecule has 2 heterocycles. The lowest BCUT2D eigenvalue weighted by Gasteiger charge is -2.15. The summed E-state index contributed by atoms with van der Waals surface area (Å²) in [6, 6.07) is 14.3. The van der Waals surface area contributed by atoms with E-state index in [2.05, 4.69) is 10.2 Å². The average molecular weight is 572 g/mol. The average Bonchev–Trinajstić information content (AvgIpc) is 3.47. The van der Waals surface area contributed by atoms with Crippen molar-refractivity contribution in [3.05, 3.63) is 119 Å². The number of fused-ring (bicyclic) bond motifs is 1. The minimum Gasteiger partial charge on any atom is -0.493 e. The zero-order valence-electron chi connectivity index (χ0n) is 19.7. The lowest BCUT2D eigenvalue weighted by molar-refractivity contribution is -0.138. The summed E-state index contributed by atoms with van der Waals surface area (Å²) in [4.78, 5) is 23.9. The number of thiazole rings is 1. The summed E-state index contributed by atoms with van der Waals surface area (Å²) in [5.74, 6) is -1.59. The molecule has 5 rings (SSSR count). The molecule has 0 saturated heterocycles. The normalized spacial score (nSPS) is 13.2. The van der Waals surface area contributed by atoms with Crippen molar-refractivity contribution in [2.24, 2.45) is 10.2 Å². The number of carbonyl (C=O) groups is 1. The molecule has 1 aromatic heterocycles. The lowest BCUT2D eigenvalue weighted by Crippen LogP contribution is -2.17. The van der Waals surface area contributed by atoms with Crippen LogP contribution in [-0.2, 0) is 19.1 Å². The van der Waals surface area contributed by atoms with Gasteiger partial charge in [0.2, 0.25) is 5.88 Å². The molecule has 0 aliphatic carbocycles. The van der Waals surface area contributed by atoms with Crippen LogP contribution in [0.5, 0.6) is 5.88 Å². The Bertz CT molecular complexity index is 1840. The number of benzene rings is 3. The number of alkyl halides is 3. The summed E-state index contributed by atoms with van der Waals surface area (Å²) >= 11 is 6.55. The molecule has 0 fully saturated rings. The minimum absolute atomic E-state index is 0.00961. The second-order valence-corrected chi connectivity index (χ2v) is 10.1. The largest absolute Gasteiger partial charge is 0.493 e. The molecule has 0 spiro atoms. The van der Waals surface area contributed by atoms with Crippen molar-refractivity contribution in [2.45, 2.75) is 19.1 Å².